The molecule has 0 unspecified atom stereocenters. The number of para-hydroxylation sites is 1. The van der Waals surface area contributed by atoms with Gasteiger partial charge in [0.15, 0.2) is 11.6 Å². The van der Waals surface area contributed by atoms with Crippen molar-refractivity contribution in [1.82, 2.24) is 20.5 Å². The number of nitrogens with one attached hydrogen (secondary N) is 3. The van der Waals surface area contributed by atoms with Gasteiger partial charge in [-0.2, -0.15) is 5.10 Å². The van der Waals surface area contributed by atoms with E-state index >= 15 is 0 Å². The molecule has 0 radical (unpaired) electrons. The van der Waals surface area contributed by atoms with Crippen molar-refractivity contribution in [1.29, 1.82) is 0 Å². The second kappa shape index (κ2) is 9.49. The standard InChI is InChI=1S/C24H21N5O2/c30-21(15-17-9-3-1-4-10-17)25-16-22(31)26-20-14-8-7-13-19(20)24-27-23(28-29-24)18-11-5-2-6-12-18/h1-14H,15-16H2,(H,25,30)(H,26,31)(H,27,28,29). The Balaban J connectivity index is 1.40. The minimum absolute atomic E-state index is 0.119. The number of aromatic amines is 1. The SMILES string of the molecule is O=C(Cc1ccccc1)NCC(=O)Nc1ccccc1-c1nc(-c2ccccc2)n[nH]1. The largest absolute Gasteiger partial charge is 0.347 e. The molecule has 1 aromatic heterocycles. The van der Waals surface area contributed by atoms with Crippen molar-refractivity contribution in [2.24, 2.45) is 0 Å². The number of nitrogens with zero attached hydrogens (tertiary/aromatic N) is 2. The number of hydrogen-bond acceptors (Lipinski definition) is 4. The van der Waals surface area contributed by atoms with Crippen molar-refractivity contribution in [3.63, 3.8) is 0 Å². The van der Waals surface area contributed by atoms with Crippen molar-refractivity contribution in [3.8, 4) is 22.8 Å². The van der Waals surface area contributed by atoms with Crippen molar-refractivity contribution < 1.29 is 9.59 Å². The van der Waals surface area contributed by atoms with E-state index in [-0.39, 0.29) is 24.8 Å². The summed E-state index contributed by atoms with van der Waals surface area (Å²) in [5.41, 5.74) is 3.08. The number of aromatic nitrogens is 3. The molecule has 3 N–H and O–H groups in total. The van der Waals surface area contributed by atoms with Gasteiger partial charge in [-0.25, -0.2) is 4.98 Å². The maximum absolute atomic E-state index is 12.4. The Bertz CT molecular complexity index is 1170. The van der Waals surface area contributed by atoms with Crippen LogP contribution < -0.4 is 10.6 Å². The molecule has 2 amide bonds. The molecule has 1 heterocycles. The fourth-order valence-corrected chi connectivity index (χ4v) is 3.11. The van der Waals surface area contributed by atoms with Gasteiger partial charge in [-0.15, -0.1) is 0 Å². The average molecular weight is 411 g/mol. The zero-order valence-electron chi connectivity index (χ0n) is 16.7. The van der Waals surface area contributed by atoms with Crippen LogP contribution in [0, 0.1) is 0 Å². The lowest BCUT2D eigenvalue weighted by Gasteiger charge is -2.10. The fraction of sp³-hybridized carbons (Fsp3) is 0.0833. The van der Waals surface area contributed by atoms with E-state index in [9.17, 15) is 9.59 Å². The first-order chi connectivity index (χ1) is 15.2. The number of anilines is 1. The highest BCUT2D eigenvalue weighted by Gasteiger charge is 2.13. The monoisotopic (exact) mass is 411 g/mol. The highest BCUT2D eigenvalue weighted by atomic mass is 16.2. The quantitative estimate of drug-likeness (QED) is 0.434. The zero-order valence-corrected chi connectivity index (χ0v) is 16.7. The molecule has 0 bridgehead atoms. The molecule has 4 aromatic rings. The van der Waals surface area contributed by atoms with Crippen LogP contribution in [-0.2, 0) is 16.0 Å². The van der Waals surface area contributed by atoms with Gasteiger partial charge in [0.05, 0.1) is 18.7 Å². The van der Waals surface area contributed by atoms with E-state index in [2.05, 4.69) is 25.8 Å². The molecule has 0 aliphatic heterocycles. The van der Waals surface area contributed by atoms with Crippen molar-refractivity contribution in [2.75, 3.05) is 11.9 Å². The summed E-state index contributed by atoms with van der Waals surface area (Å²) in [5.74, 6) is 0.585. The van der Waals surface area contributed by atoms with Crippen LogP contribution in [0.15, 0.2) is 84.9 Å². The topological polar surface area (TPSA) is 99.8 Å². The third kappa shape index (κ3) is 5.22. The van der Waals surface area contributed by atoms with E-state index < -0.39 is 0 Å². The van der Waals surface area contributed by atoms with Crippen molar-refractivity contribution in [3.05, 3.63) is 90.5 Å². The van der Waals surface area contributed by atoms with Gasteiger partial charge >= 0.3 is 0 Å². The first kappa shape index (κ1) is 20.0. The van der Waals surface area contributed by atoms with E-state index in [1.54, 1.807) is 6.07 Å². The van der Waals surface area contributed by atoms with Crippen LogP contribution in [0.5, 0.6) is 0 Å². The molecule has 0 fully saturated rings. The summed E-state index contributed by atoms with van der Waals surface area (Å²) in [7, 11) is 0. The Morgan fingerprint density at radius 3 is 2.26 bits per heavy atom. The third-order valence-corrected chi connectivity index (χ3v) is 4.63. The number of carbonyl (C=O) groups is 2. The van der Waals surface area contributed by atoms with Crippen LogP contribution in [0.25, 0.3) is 22.8 Å². The van der Waals surface area contributed by atoms with Gasteiger partial charge < -0.3 is 10.6 Å². The molecule has 7 heteroatoms. The molecule has 4 rings (SSSR count). The summed E-state index contributed by atoms with van der Waals surface area (Å²) in [6.07, 6.45) is 0.227. The summed E-state index contributed by atoms with van der Waals surface area (Å²) in [4.78, 5) is 29.0. The first-order valence-corrected chi connectivity index (χ1v) is 9.87. The van der Waals surface area contributed by atoms with Gasteiger partial charge in [-0.1, -0.05) is 72.8 Å². The van der Waals surface area contributed by atoms with Crippen LogP contribution in [0.3, 0.4) is 0 Å². The van der Waals surface area contributed by atoms with Crippen molar-refractivity contribution in [2.45, 2.75) is 6.42 Å². The molecule has 0 aliphatic rings. The minimum Gasteiger partial charge on any atom is -0.347 e. The van der Waals surface area contributed by atoms with E-state index in [0.717, 1.165) is 11.1 Å². The number of carbonyl (C=O) groups excluding carboxylic acids is 2. The van der Waals surface area contributed by atoms with Gasteiger partial charge in [0, 0.05) is 11.1 Å². The third-order valence-electron chi connectivity index (χ3n) is 4.63. The maximum Gasteiger partial charge on any atom is 0.243 e. The maximum atomic E-state index is 12.4. The lowest BCUT2D eigenvalue weighted by atomic mass is 10.1. The Kier molecular flexibility index (Phi) is 6.13. The molecule has 31 heavy (non-hydrogen) atoms. The number of rotatable bonds is 7. The van der Waals surface area contributed by atoms with E-state index in [0.29, 0.717) is 22.9 Å². The normalized spacial score (nSPS) is 10.5. The molecular weight excluding hydrogens is 390 g/mol. The molecule has 0 saturated carbocycles. The first-order valence-electron chi connectivity index (χ1n) is 9.87. The summed E-state index contributed by atoms with van der Waals surface area (Å²) in [6, 6.07) is 26.3. The van der Waals surface area contributed by atoms with Gasteiger partial charge in [0.2, 0.25) is 11.8 Å². The minimum atomic E-state index is -0.323. The average Bonchev–Trinajstić information content (AvgIpc) is 3.30. The Hall–Kier alpha value is -4.26. The Labute approximate surface area is 179 Å². The smallest absolute Gasteiger partial charge is 0.243 e. The Morgan fingerprint density at radius 1 is 0.806 bits per heavy atom. The molecule has 3 aromatic carbocycles. The van der Waals surface area contributed by atoms with E-state index in [4.69, 9.17) is 0 Å². The van der Waals surface area contributed by atoms with Crippen LogP contribution in [0.4, 0.5) is 5.69 Å². The predicted octanol–water partition coefficient (Wildman–Crippen LogP) is 3.44. The second-order valence-electron chi connectivity index (χ2n) is 6.91. The fourth-order valence-electron chi connectivity index (χ4n) is 3.11. The highest BCUT2D eigenvalue weighted by molar-refractivity contribution is 5.97. The number of benzene rings is 3. The van der Waals surface area contributed by atoms with Gasteiger partial charge in [0.25, 0.3) is 0 Å². The second-order valence-corrected chi connectivity index (χ2v) is 6.91. The summed E-state index contributed by atoms with van der Waals surface area (Å²) in [6.45, 7) is -0.119. The lowest BCUT2D eigenvalue weighted by molar-refractivity contribution is -0.123. The summed E-state index contributed by atoms with van der Waals surface area (Å²) in [5, 5.41) is 12.7. The molecule has 0 atom stereocenters. The zero-order chi connectivity index (χ0) is 21.5. The molecule has 0 spiro atoms. The molecule has 0 saturated heterocycles. The number of hydrogen-bond donors (Lipinski definition) is 3. The van der Waals surface area contributed by atoms with Gasteiger partial charge in [0.1, 0.15) is 0 Å². The van der Waals surface area contributed by atoms with Crippen LogP contribution >= 0.6 is 0 Å². The summed E-state index contributed by atoms with van der Waals surface area (Å²) < 4.78 is 0. The highest BCUT2D eigenvalue weighted by Crippen LogP contribution is 2.26. The van der Waals surface area contributed by atoms with Crippen LogP contribution in [0.1, 0.15) is 5.56 Å². The summed E-state index contributed by atoms with van der Waals surface area (Å²) >= 11 is 0. The van der Waals surface area contributed by atoms with Gasteiger partial charge in [-0.3, -0.25) is 14.7 Å². The van der Waals surface area contributed by atoms with Crippen LogP contribution in [0.2, 0.25) is 0 Å². The van der Waals surface area contributed by atoms with E-state index in [1.807, 2.05) is 78.9 Å². The molecule has 7 nitrogen and oxygen atoms in total. The lowest BCUT2D eigenvalue weighted by Crippen LogP contribution is -2.33. The predicted molar refractivity (Wildman–Crippen MR) is 119 cm³/mol. The molecule has 154 valence electrons. The number of H-pyrrole nitrogens is 1. The van der Waals surface area contributed by atoms with Crippen LogP contribution in [-0.4, -0.2) is 33.5 Å². The molecule has 0 aliphatic carbocycles. The van der Waals surface area contributed by atoms with E-state index in [1.165, 1.54) is 0 Å². The van der Waals surface area contributed by atoms with Gasteiger partial charge in [-0.05, 0) is 17.7 Å². The Morgan fingerprint density at radius 2 is 1.48 bits per heavy atom. The number of amides is 2. The van der Waals surface area contributed by atoms with Crippen molar-refractivity contribution >= 4 is 17.5 Å². The molecular formula is C24H21N5O2.